The summed E-state index contributed by atoms with van der Waals surface area (Å²) in [6, 6.07) is 4.04. The molecule has 8 heteroatoms. The number of carbonyl (C=O) groups excluding carboxylic acids is 1. The van der Waals surface area contributed by atoms with Crippen LogP contribution < -0.4 is 5.32 Å². The minimum atomic E-state index is -3.19. The van der Waals surface area contributed by atoms with Crippen molar-refractivity contribution < 1.29 is 13.2 Å². The van der Waals surface area contributed by atoms with E-state index in [1.165, 1.54) is 15.4 Å². The molecule has 0 radical (unpaired) electrons. The van der Waals surface area contributed by atoms with Crippen molar-refractivity contribution in [3.05, 3.63) is 22.4 Å². The van der Waals surface area contributed by atoms with Crippen molar-refractivity contribution >= 4 is 27.4 Å². The van der Waals surface area contributed by atoms with Gasteiger partial charge in [-0.15, -0.1) is 11.3 Å². The molecule has 0 aromatic carbocycles. The first-order valence-electron chi connectivity index (χ1n) is 8.01. The lowest BCUT2D eigenvalue weighted by Gasteiger charge is -2.27. The number of sulfonamides is 1. The number of hydrogen-bond acceptors (Lipinski definition) is 4. The highest BCUT2D eigenvalue weighted by atomic mass is 32.2. The molecule has 128 valence electrons. The molecule has 0 aliphatic carbocycles. The SMILES string of the molecule is CS(=O)(=O)N1CCC[C@@H]1CNC(=O)N1CCCC1c1cccs1. The van der Waals surface area contributed by atoms with Crippen LogP contribution in [0, 0.1) is 0 Å². The van der Waals surface area contributed by atoms with E-state index < -0.39 is 10.0 Å². The first kappa shape index (κ1) is 16.7. The Balaban J connectivity index is 1.59. The third-order valence-corrected chi connectivity index (χ3v) is 6.93. The van der Waals surface area contributed by atoms with Gasteiger partial charge in [0.15, 0.2) is 0 Å². The Hall–Kier alpha value is -1.12. The molecule has 2 saturated heterocycles. The van der Waals surface area contributed by atoms with E-state index in [1.807, 2.05) is 16.3 Å². The number of nitrogens with one attached hydrogen (secondary N) is 1. The molecule has 1 aromatic heterocycles. The molecule has 2 aliphatic rings. The molecule has 2 aliphatic heterocycles. The largest absolute Gasteiger partial charge is 0.336 e. The van der Waals surface area contributed by atoms with Crippen LogP contribution in [-0.2, 0) is 10.0 Å². The molecule has 0 spiro atoms. The van der Waals surface area contributed by atoms with Crippen molar-refractivity contribution in [2.45, 2.75) is 37.8 Å². The van der Waals surface area contributed by atoms with Crippen molar-refractivity contribution in [1.82, 2.24) is 14.5 Å². The van der Waals surface area contributed by atoms with E-state index in [0.717, 1.165) is 32.2 Å². The minimum absolute atomic E-state index is 0.0822. The molecule has 1 aromatic rings. The van der Waals surface area contributed by atoms with Gasteiger partial charge in [-0.05, 0) is 37.1 Å². The van der Waals surface area contributed by atoms with Crippen LogP contribution in [0.15, 0.2) is 17.5 Å². The molecule has 2 fully saturated rings. The van der Waals surface area contributed by atoms with Crippen molar-refractivity contribution in [3.63, 3.8) is 0 Å². The molecule has 2 atom stereocenters. The highest BCUT2D eigenvalue weighted by Gasteiger charge is 2.34. The number of urea groups is 1. The van der Waals surface area contributed by atoms with Crippen molar-refractivity contribution in [1.29, 1.82) is 0 Å². The Morgan fingerprint density at radius 1 is 1.35 bits per heavy atom. The Morgan fingerprint density at radius 3 is 2.83 bits per heavy atom. The molecule has 6 nitrogen and oxygen atoms in total. The van der Waals surface area contributed by atoms with Crippen LogP contribution in [0.2, 0.25) is 0 Å². The number of likely N-dealkylation sites (tertiary alicyclic amines) is 1. The van der Waals surface area contributed by atoms with Gasteiger partial charge in [-0.1, -0.05) is 6.07 Å². The number of nitrogens with zero attached hydrogens (tertiary/aromatic N) is 2. The number of thiophene rings is 1. The highest BCUT2D eigenvalue weighted by molar-refractivity contribution is 7.88. The van der Waals surface area contributed by atoms with Crippen LogP contribution >= 0.6 is 11.3 Å². The van der Waals surface area contributed by atoms with E-state index in [0.29, 0.717) is 13.1 Å². The Bertz CT molecular complexity index is 645. The lowest BCUT2D eigenvalue weighted by Crippen LogP contribution is -2.46. The van der Waals surface area contributed by atoms with E-state index in [1.54, 1.807) is 11.3 Å². The van der Waals surface area contributed by atoms with Gasteiger partial charge < -0.3 is 10.2 Å². The van der Waals surface area contributed by atoms with Gasteiger partial charge in [0.2, 0.25) is 10.0 Å². The molecule has 2 amide bonds. The lowest BCUT2D eigenvalue weighted by atomic mass is 10.2. The maximum Gasteiger partial charge on any atom is 0.317 e. The molecule has 1 N–H and O–H groups in total. The van der Waals surface area contributed by atoms with Gasteiger partial charge in [-0.3, -0.25) is 0 Å². The quantitative estimate of drug-likeness (QED) is 0.896. The third-order valence-electron chi connectivity index (χ3n) is 4.62. The molecule has 23 heavy (non-hydrogen) atoms. The zero-order valence-corrected chi connectivity index (χ0v) is 14.9. The average Bonchev–Trinajstić information content (AvgIpc) is 3.22. The number of carbonyl (C=O) groups is 1. The smallest absolute Gasteiger partial charge is 0.317 e. The van der Waals surface area contributed by atoms with Crippen molar-refractivity contribution in [3.8, 4) is 0 Å². The Labute approximate surface area is 141 Å². The molecule has 0 saturated carbocycles. The van der Waals surface area contributed by atoms with Gasteiger partial charge >= 0.3 is 6.03 Å². The normalized spacial score (nSPS) is 25.9. The summed E-state index contributed by atoms with van der Waals surface area (Å²) >= 11 is 1.68. The summed E-state index contributed by atoms with van der Waals surface area (Å²) in [6.07, 6.45) is 4.90. The van der Waals surface area contributed by atoms with Gasteiger partial charge in [-0.2, -0.15) is 4.31 Å². The summed E-state index contributed by atoms with van der Waals surface area (Å²) in [6.45, 7) is 1.70. The monoisotopic (exact) mass is 357 g/mol. The predicted molar refractivity (Wildman–Crippen MR) is 91.0 cm³/mol. The molecule has 3 rings (SSSR count). The van der Waals surface area contributed by atoms with E-state index in [9.17, 15) is 13.2 Å². The van der Waals surface area contributed by atoms with Crippen LogP contribution in [0.4, 0.5) is 4.79 Å². The summed E-state index contributed by atoms with van der Waals surface area (Å²) in [7, 11) is -3.19. The molecular formula is C15H23N3O3S2. The first-order valence-corrected chi connectivity index (χ1v) is 10.7. The van der Waals surface area contributed by atoms with Crippen molar-refractivity contribution in [2.24, 2.45) is 0 Å². The van der Waals surface area contributed by atoms with Crippen LogP contribution in [0.3, 0.4) is 0 Å². The number of hydrogen-bond donors (Lipinski definition) is 1. The van der Waals surface area contributed by atoms with Crippen molar-refractivity contribution in [2.75, 3.05) is 25.9 Å². The van der Waals surface area contributed by atoms with Gasteiger partial charge in [0.1, 0.15) is 0 Å². The van der Waals surface area contributed by atoms with E-state index in [4.69, 9.17) is 0 Å². The first-order chi connectivity index (χ1) is 11.0. The highest BCUT2D eigenvalue weighted by Crippen LogP contribution is 2.34. The summed E-state index contributed by atoms with van der Waals surface area (Å²) in [5, 5.41) is 4.98. The maximum atomic E-state index is 12.5. The van der Waals surface area contributed by atoms with Crippen LogP contribution in [0.5, 0.6) is 0 Å². The van der Waals surface area contributed by atoms with Crippen LogP contribution in [0.1, 0.15) is 36.6 Å². The maximum absolute atomic E-state index is 12.5. The fourth-order valence-electron chi connectivity index (χ4n) is 3.54. The lowest BCUT2D eigenvalue weighted by molar-refractivity contribution is 0.191. The van der Waals surface area contributed by atoms with Crippen LogP contribution in [0.25, 0.3) is 0 Å². The third kappa shape index (κ3) is 3.70. The Kier molecular flexibility index (Phi) is 4.93. The molecule has 3 heterocycles. The van der Waals surface area contributed by atoms with E-state index >= 15 is 0 Å². The fraction of sp³-hybridized carbons (Fsp3) is 0.667. The standard InChI is InChI=1S/C15H23N3O3S2/c1-23(20,21)18-9-2-5-12(18)11-16-15(19)17-8-3-6-13(17)14-7-4-10-22-14/h4,7,10,12-13H,2-3,5-6,8-9,11H2,1H3,(H,16,19)/t12-,13?/m1/s1. The predicted octanol–water partition coefficient (Wildman–Crippen LogP) is 2.02. The van der Waals surface area contributed by atoms with Crippen LogP contribution in [-0.4, -0.2) is 55.6 Å². The topological polar surface area (TPSA) is 69.7 Å². The van der Waals surface area contributed by atoms with Gasteiger partial charge in [-0.25, -0.2) is 13.2 Å². The second-order valence-corrected chi connectivity index (χ2v) is 9.14. The summed E-state index contributed by atoms with van der Waals surface area (Å²) in [5.41, 5.74) is 0. The molecule has 1 unspecified atom stereocenters. The van der Waals surface area contributed by atoms with Gasteiger partial charge in [0.05, 0.1) is 12.3 Å². The van der Waals surface area contributed by atoms with E-state index in [2.05, 4.69) is 11.4 Å². The minimum Gasteiger partial charge on any atom is -0.336 e. The molecular weight excluding hydrogens is 334 g/mol. The summed E-state index contributed by atoms with van der Waals surface area (Å²) in [4.78, 5) is 15.6. The summed E-state index contributed by atoms with van der Waals surface area (Å²) < 4.78 is 25.0. The van der Waals surface area contributed by atoms with E-state index in [-0.39, 0.29) is 18.1 Å². The second-order valence-electron chi connectivity index (χ2n) is 6.22. The zero-order chi connectivity index (χ0) is 16.4. The zero-order valence-electron chi connectivity index (χ0n) is 13.3. The van der Waals surface area contributed by atoms with Gasteiger partial charge in [0, 0.05) is 30.6 Å². The molecule has 0 bridgehead atoms. The fourth-order valence-corrected chi connectivity index (χ4v) is 5.60. The Morgan fingerprint density at radius 2 is 2.13 bits per heavy atom. The number of amides is 2. The van der Waals surface area contributed by atoms with Gasteiger partial charge in [0.25, 0.3) is 0 Å². The average molecular weight is 358 g/mol. The second kappa shape index (κ2) is 6.78. The summed E-state index contributed by atoms with van der Waals surface area (Å²) in [5.74, 6) is 0. The number of rotatable bonds is 4.